The Kier molecular flexibility index (Phi) is 6.26. The Bertz CT molecular complexity index is 1510. The van der Waals surface area contributed by atoms with Crippen LogP contribution >= 0.6 is 11.3 Å². The normalized spacial score (nSPS) is 22.8. The number of nitrogens with one attached hydrogen (secondary N) is 1. The van der Waals surface area contributed by atoms with Crippen molar-refractivity contribution in [2.24, 2.45) is 5.92 Å². The monoisotopic (exact) mass is 554 g/mol. The summed E-state index contributed by atoms with van der Waals surface area (Å²) in [6.07, 6.45) is 8.01. The lowest BCUT2D eigenvalue weighted by molar-refractivity contribution is -0.123. The second-order valence-corrected chi connectivity index (χ2v) is 13.2. The smallest absolute Gasteiger partial charge is 0.256 e. The Balaban J connectivity index is 1.12. The number of aryl methyl sites for hydroxylation is 1. The number of rotatable bonds is 6. The number of piperidine rings is 2. The summed E-state index contributed by atoms with van der Waals surface area (Å²) in [6, 6.07) is 7.47. The number of thiazole rings is 1. The molecule has 4 aliphatic rings. The van der Waals surface area contributed by atoms with Crippen molar-refractivity contribution >= 4 is 44.1 Å². The van der Waals surface area contributed by atoms with Gasteiger partial charge in [0.1, 0.15) is 17.6 Å². The van der Waals surface area contributed by atoms with Gasteiger partial charge in [0.2, 0.25) is 15.9 Å². The van der Waals surface area contributed by atoms with Crippen LogP contribution < -0.4 is 10.2 Å². The van der Waals surface area contributed by atoms with E-state index in [4.69, 9.17) is 4.98 Å². The van der Waals surface area contributed by atoms with Crippen LogP contribution in [0.1, 0.15) is 48.2 Å². The van der Waals surface area contributed by atoms with Crippen LogP contribution in [-0.4, -0.2) is 70.5 Å². The Morgan fingerprint density at radius 2 is 1.87 bits per heavy atom. The van der Waals surface area contributed by atoms with Gasteiger partial charge in [-0.1, -0.05) is 6.07 Å². The van der Waals surface area contributed by atoms with Crippen LogP contribution in [0.4, 0.5) is 10.9 Å². The lowest BCUT2D eigenvalue weighted by Crippen LogP contribution is -2.56. The quantitative estimate of drug-likeness (QED) is 0.497. The van der Waals surface area contributed by atoms with E-state index in [0.717, 1.165) is 34.2 Å². The Labute approximate surface area is 225 Å². The molecule has 7 rings (SSSR count). The molecule has 0 aromatic carbocycles. The summed E-state index contributed by atoms with van der Waals surface area (Å²) in [7, 11) is -3.51. The van der Waals surface area contributed by atoms with Crippen LogP contribution in [0.15, 0.2) is 35.8 Å². The van der Waals surface area contributed by atoms with E-state index in [1.807, 2.05) is 17.5 Å². The maximum atomic E-state index is 13.0. The molecule has 3 aromatic rings. The van der Waals surface area contributed by atoms with E-state index in [-0.39, 0.29) is 17.4 Å². The molecule has 3 saturated heterocycles. The highest BCUT2D eigenvalue weighted by Gasteiger charge is 2.39. The highest BCUT2D eigenvalue weighted by atomic mass is 32.2. The average molecular weight is 555 g/mol. The molecule has 2 bridgehead atoms. The van der Waals surface area contributed by atoms with E-state index in [1.165, 1.54) is 54.2 Å². The number of hydrogen-bond acceptors (Lipinski definition) is 8. The number of carbonyl (C=O) groups is 2. The number of hydrogen-bond donors (Lipinski definition) is 1. The predicted octanol–water partition coefficient (Wildman–Crippen LogP) is 3.35. The number of fused-ring (bicyclic) bond motifs is 3. The van der Waals surface area contributed by atoms with Gasteiger partial charge >= 0.3 is 0 Å². The largest absolute Gasteiger partial charge is 0.353 e. The van der Waals surface area contributed by atoms with Gasteiger partial charge in [-0.05, 0) is 63.1 Å². The van der Waals surface area contributed by atoms with Crippen LogP contribution in [0.3, 0.4) is 0 Å². The number of carbonyl (C=O) groups excluding carboxylic acids is 2. The van der Waals surface area contributed by atoms with E-state index < -0.39 is 16.1 Å². The summed E-state index contributed by atoms with van der Waals surface area (Å²) in [5, 5.41) is 5.18. The van der Waals surface area contributed by atoms with Crippen molar-refractivity contribution < 1.29 is 18.0 Å². The first-order valence-corrected chi connectivity index (χ1v) is 15.6. The fourth-order valence-corrected chi connectivity index (χ4v) is 7.40. The standard InChI is InChI=1S/C26H30N6O4S2/c1-16-12-18(14-32(16)38(2,35)36)25(34)30-11-10-22(30)24(33)29-26-28-21(15-37-26)20-4-3-5-23(27-20)31-13-17-6-8-19(31)9-7-17/h3-5,12,14-15,17,19,22H,6-11,13H2,1-2H3,(H,28,29,33)/t17?,19?,22-/m0/s1. The van der Waals surface area contributed by atoms with Gasteiger partial charge in [0.25, 0.3) is 5.91 Å². The Morgan fingerprint density at radius 1 is 1.08 bits per heavy atom. The molecule has 2 amide bonds. The van der Waals surface area contributed by atoms with Gasteiger partial charge in [-0.15, -0.1) is 11.3 Å². The predicted molar refractivity (Wildman–Crippen MR) is 146 cm³/mol. The molecule has 38 heavy (non-hydrogen) atoms. The zero-order valence-electron chi connectivity index (χ0n) is 21.3. The average Bonchev–Trinajstić information content (AvgIpc) is 3.51. The van der Waals surface area contributed by atoms with Gasteiger partial charge in [-0.25, -0.2) is 22.4 Å². The molecule has 0 spiro atoms. The minimum Gasteiger partial charge on any atom is -0.353 e. The summed E-state index contributed by atoms with van der Waals surface area (Å²) in [5.41, 5.74) is 2.16. The molecule has 3 aromatic heterocycles. The molecular formula is C26H30N6O4S2. The van der Waals surface area contributed by atoms with Crippen molar-refractivity contribution in [3.8, 4) is 11.4 Å². The zero-order valence-corrected chi connectivity index (χ0v) is 23.0. The maximum absolute atomic E-state index is 13.0. The first-order chi connectivity index (χ1) is 18.2. The number of anilines is 2. The van der Waals surface area contributed by atoms with Gasteiger partial charge in [0, 0.05) is 36.4 Å². The topological polar surface area (TPSA) is 118 Å². The van der Waals surface area contributed by atoms with E-state index >= 15 is 0 Å². The van der Waals surface area contributed by atoms with Crippen LogP contribution in [-0.2, 0) is 14.8 Å². The van der Waals surface area contributed by atoms with Crippen LogP contribution in [0.2, 0.25) is 0 Å². The third-order valence-corrected chi connectivity index (χ3v) is 9.76. The molecule has 1 atom stereocenters. The molecule has 1 saturated carbocycles. The number of amides is 2. The van der Waals surface area contributed by atoms with Gasteiger partial charge in [0.05, 0.1) is 17.5 Å². The lowest BCUT2D eigenvalue weighted by atomic mass is 9.80. The van der Waals surface area contributed by atoms with E-state index in [0.29, 0.717) is 35.5 Å². The molecule has 4 fully saturated rings. The number of aromatic nitrogens is 3. The highest BCUT2D eigenvalue weighted by molar-refractivity contribution is 7.89. The zero-order chi connectivity index (χ0) is 26.6. The Morgan fingerprint density at radius 3 is 2.50 bits per heavy atom. The van der Waals surface area contributed by atoms with Crippen LogP contribution in [0.25, 0.3) is 11.4 Å². The molecule has 1 N–H and O–H groups in total. The highest BCUT2D eigenvalue weighted by Crippen LogP contribution is 2.37. The van der Waals surface area contributed by atoms with Gasteiger partial charge < -0.3 is 15.1 Å². The second-order valence-electron chi connectivity index (χ2n) is 10.5. The SMILES string of the molecule is Cc1cc(C(=O)N2CC[C@H]2C(=O)Nc2nc(-c3cccc(N4CC5CCC4CC5)n3)cs2)cn1S(C)(=O)=O. The van der Waals surface area contributed by atoms with Crippen molar-refractivity contribution in [2.45, 2.75) is 51.1 Å². The minimum atomic E-state index is -3.51. The first kappa shape index (κ1) is 25.1. The van der Waals surface area contributed by atoms with Crippen molar-refractivity contribution in [3.63, 3.8) is 0 Å². The molecule has 10 nitrogen and oxygen atoms in total. The first-order valence-electron chi connectivity index (χ1n) is 12.9. The van der Waals surface area contributed by atoms with Crippen molar-refractivity contribution in [3.05, 3.63) is 47.1 Å². The van der Waals surface area contributed by atoms with Gasteiger partial charge in [-0.3, -0.25) is 9.59 Å². The number of pyridine rings is 1. The summed E-state index contributed by atoms with van der Waals surface area (Å²) in [6.45, 7) is 3.12. The summed E-state index contributed by atoms with van der Waals surface area (Å²) >= 11 is 1.32. The van der Waals surface area contributed by atoms with E-state index in [2.05, 4.69) is 21.3 Å². The third-order valence-electron chi connectivity index (χ3n) is 7.89. The molecular weight excluding hydrogens is 524 g/mol. The van der Waals surface area contributed by atoms with Crippen LogP contribution in [0.5, 0.6) is 0 Å². The molecule has 200 valence electrons. The third kappa shape index (κ3) is 4.60. The molecule has 6 heterocycles. The number of likely N-dealkylation sites (tertiary alicyclic amines) is 1. The lowest BCUT2D eigenvalue weighted by Gasteiger charge is -2.46. The summed E-state index contributed by atoms with van der Waals surface area (Å²) < 4.78 is 24.9. The van der Waals surface area contributed by atoms with Gasteiger partial charge in [-0.2, -0.15) is 0 Å². The van der Waals surface area contributed by atoms with E-state index in [1.54, 1.807) is 6.92 Å². The molecule has 0 radical (unpaired) electrons. The fraction of sp³-hybridized carbons (Fsp3) is 0.462. The van der Waals surface area contributed by atoms with E-state index in [9.17, 15) is 18.0 Å². The van der Waals surface area contributed by atoms with Crippen LogP contribution in [0, 0.1) is 12.8 Å². The minimum absolute atomic E-state index is 0.245. The van der Waals surface area contributed by atoms with Crippen molar-refractivity contribution in [1.29, 1.82) is 0 Å². The second kappa shape index (κ2) is 9.49. The number of nitrogens with zero attached hydrogens (tertiary/aromatic N) is 5. The molecule has 12 heteroatoms. The van der Waals surface area contributed by atoms with Crippen molar-refractivity contribution in [1.82, 2.24) is 18.8 Å². The molecule has 1 aliphatic carbocycles. The summed E-state index contributed by atoms with van der Waals surface area (Å²) in [5.74, 6) is 1.07. The van der Waals surface area contributed by atoms with Crippen molar-refractivity contribution in [2.75, 3.05) is 29.6 Å². The van der Waals surface area contributed by atoms with Gasteiger partial charge in [0.15, 0.2) is 5.13 Å². The Hall–Kier alpha value is -3.25. The molecule has 3 aliphatic heterocycles. The maximum Gasteiger partial charge on any atom is 0.256 e. The molecule has 0 unspecified atom stereocenters. The summed E-state index contributed by atoms with van der Waals surface area (Å²) in [4.78, 5) is 39.4. The fourth-order valence-electron chi connectivity index (χ4n) is 5.81.